The molecule has 6 nitrogen and oxygen atoms in total. The van der Waals surface area contributed by atoms with Crippen molar-refractivity contribution in [2.24, 2.45) is 0 Å². The van der Waals surface area contributed by atoms with Crippen molar-refractivity contribution in [3.05, 3.63) is 63.9 Å². The highest BCUT2D eigenvalue weighted by molar-refractivity contribution is 5.91. The molecule has 0 unspecified atom stereocenters. The molecule has 1 fully saturated rings. The molecule has 9 heteroatoms. The van der Waals surface area contributed by atoms with Crippen LogP contribution in [0.5, 0.6) is 0 Å². The Labute approximate surface area is 183 Å². The second kappa shape index (κ2) is 9.07. The van der Waals surface area contributed by atoms with Gasteiger partial charge in [0.15, 0.2) is 5.82 Å². The van der Waals surface area contributed by atoms with E-state index >= 15 is 0 Å². The van der Waals surface area contributed by atoms with Gasteiger partial charge in [0.05, 0.1) is 5.52 Å². The molecule has 2 heterocycles. The van der Waals surface area contributed by atoms with Gasteiger partial charge in [-0.3, -0.25) is 9.48 Å². The van der Waals surface area contributed by atoms with E-state index in [1.54, 1.807) is 41.2 Å². The van der Waals surface area contributed by atoms with Gasteiger partial charge in [-0.25, -0.2) is 6.57 Å². The van der Waals surface area contributed by atoms with E-state index in [2.05, 4.69) is 20.2 Å². The van der Waals surface area contributed by atoms with Crippen molar-refractivity contribution in [1.82, 2.24) is 14.8 Å². The minimum Gasteiger partial charge on any atom is -0.338 e. The highest BCUT2D eigenvalue weighted by atomic mass is 19.4. The van der Waals surface area contributed by atoms with Crippen molar-refractivity contribution >= 4 is 22.4 Å². The zero-order valence-electron chi connectivity index (χ0n) is 17.5. The topological polar surface area (TPSA) is 67.1 Å². The van der Waals surface area contributed by atoms with Crippen LogP contribution in [0.2, 0.25) is 0 Å². The average Bonchev–Trinajstić information content (AvgIpc) is 3.12. The third-order valence-corrected chi connectivity index (χ3v) is 5.92. The van der Waals surface area contributed by atoms with E-state index in [4.69, 9.17) is 6.57 Å². The molecule has 4 rings (SSSR count). The third kappa shape index (κ3) is 4.79. The van der Waals surface area contributed by atoms with Crippen LogP contribution in [0.3, 0.4) is 0 Å². The molecule has 0 saturated heterocycles. The monoisotopic (exact) mass is 443 g/mol. The van der Waals surface area contributed by atoms with Gasteiger partial charge in [0, 0.05) is 24.7 Å². The number of aromatic amines is 1. The van der Waals surface area contributed by atoms with E-state index in [0.717, 1.165) is 31.2 Å². The zero-order valence-corrected chi connectivity index (χ0v) is 17.5. The molecule has 3 aromatic rings. The number of halogens is 3. The first-order valence-electron chi connectivity index (χ1n) is 10.7. The Morgan fingerprint density at radius 3 is 2.84 bits per heavy atom. The second-order valence-corrected chi connectivity index (χ2v) is 8.20. The number of hydrogen-bond donors (Lipinski definition) is 2. The standard InChI is InChI=1S/C23H24F3N5O/c1-27-17-9-2-3-10-18(17)31-19-11-13-28-22(32)20(19)21(30-31)29-16-8-4-6-15(14-16)7-5-12-23(24,25)26/h4,6,8,11,13-14,17-18H,2-3,5,7,9-10,12H2,(H,28,32)(H,29,30)/t17-,18-/m0/s1. The quantitative estimate of drug-likeness (QED) is 0.476. The number of fused-ring (bicyclic) bond motifs is 1. The maximum Gasteiger partial charge on any atom is 0.389 e. The van der Waals surface area contributed by atoms with Crippen LogP contribution in [0.25, 0.3) is 15.7 Å². The van der Waals surface area contributed by atoms with Crippen molar-refractivity contribution < 1.29 is 13.2 Å². The summed E-state index contributed by atoms with van der Waals surface area (Å²) < 4.78 is 39.1. The largest absolute Gasteiger partial charge is 0.389 e. The number of H-pyrrole nitrogens is 1. The van der Waals surface area contributed by atoms with Crippen LogP contribution in [0.1, 0.15) is 50.1 Å². The number of benzene rings is 1. The molecule has 2 atom stereocenters. The summed E-state index contributed by atoms with van der Waals surface area (Å²) in [6, 6.07) is 8.63. The Balaban J connectivity index is 1.64. The van der Waals surface area contributed by atoms with Crippen LogP contribution < -0.4 is 10.9 Å². The number of pyridine rings is 1. The molecule has 2 N–H and O–H groups in total. The van der Waals surface area contributed by atoms with Crippen molar-refractivity contribution in [2.45, 2.75) is 63.2 Å². The smallest absolute Gasteiger partial charge is 0.338 e. The van der Waals surface area contributed by atoms with Crippen LogP contribution in [0.15, 0.2) is 41.3 Å². The average molecular weight is 443 g/mol. The van der Waals surface area contributed by atoms with Gasteiger partial charge in [-0.1, -0.05) is 18.6 Å². The molecule has 2 aromatic heterocycles. The van der Waals surface area contributed by atoms with Crippen molar-refractivity contribution in [3.63, 3.8) is 0 Å². The molecule has 1 aliphatic carbocycles. The minimum atomic E-state index is -4.16. The van der Waals surface area contributed by atoms with E-state index < -0.39 is 12.6 Å². The summed E-state index contributed by atoms with van der Waals surface area (Å²) in [6.07, 6.45) is 0.558. The van der Waals surface area contributed by atoms with E-state index in [0.29, 0.717) is 28.8 Å². The van der Waals surface area contributed by atoms with Gasteiger partial charge in [-0.15, -0.1) is 0 Å². The van der Waals surface area contributed by atoms with E-state index in [1.807, 2.05) is 0 Å². The highest BCUT2D eigenvalue weighted by Gasteiger charge is 2.33. The van der Waals surface area contributed by atoms with Crippen LogP contribution in [0, 0.1) is 6.57 Å². The SMILES string of the molecule is [C-]#[N+][C@H]1CCCC[C@@H]1n1nc(Nc2cccc(CCCC(F)(F)F)c2)c2c(=O)[nH]ccc21. The fraction of sp³-hybridized carbons (Fsp3) is 0.435. The van der Waals surface area contributed by atoms with Gasteiger partial charge in [-0.2, -0.15) is 18.3 Å². The third-order valence-electron chi connectivity index (χ3n) is 5.92. The number of aryl methyl sites for hydroxylation is 1. The summed E-state index contributed by atoms with van der Waals surface area (Å²) >= 11 is 0. The number of anilines is 2. The Morgan fingerprint density at radius 1 is 1.25 bits per heavy atom. The number of hydrogen-bond acceptors (Lipinski definition) is 3. The molecule has 1 aromatic carbocycles. The molecule has 0 radical (unpaired) electrons. The molecule has 32 heavy (non-hydrogen) atoms. The van der Waals surface area contributed by atoms with Gasteiger partial charge in [0.25, 0.3) is 5.56 Å². The molecule has 1 aliphatic rings. The summed E-state index contributed by atoms with van der Waals surface area (Å²) in [5, 5.41) is 8.27. The molecule has 1 saturated carbocycles. The molecule has 0 amide bonds. The first-order chi connectivity index (χ1) is 15.4. The Bertz CT molecular complexity index is 1190. The normalized spacial score (nSPS) is 19.1. The lowest BCUT2D eigenvalue weighted by molar-refractivity contribution is -0.135. The lowest BCUT2D eigenvalue weighted by atomic mass is 9.91. The van der Waals surface area contributed by atoms with Crippen molar-refractivity contribution in [3.8, 4) is 0 Å². The molecular formula is C23H24F3N5O. The van der Waals surface area contributed by atoms with Crippen LogP contribution in [-0.4, -0.2) is 27.0 Å². The van der Waals surface area contributed by atoms with E-state index in [1.165, 1.54) is 0 Å². The van der Waals surface area contributed by atoms with Gasteiger partial charge >= 0.3 is 6.18 Å². The highest BCUT2D eigenvalue weighted by Crippen LogP contribution is 2.35. The van der Waals surface area contributed by atoms with Crippen LogP contribution >= 0.6 is 0 Å². The first-order valence-corrected chi connectivity index (χ1v) is 10.7. The number of aromatic nitrogens is 3. The summed E-state index contributed by atoms with van der Waals surface area (Å²) in [4.78, 5) is 19.1. The number of rotatable bonds is 6. The minimum absolute atomic E-state index is 0.0177. The Morgan fingerprint density at radius 2 is 2.06 bits per heavy atom. The predicted octanol–water partition coefficient (Wildman–Crippen LogP) is 5.76. The van der Waals surface area contributed by atoms with Gasteiger partial charge in [0.2, 0.25) is 6.04 Å². The molecule has 0 spiro atoms. The lowest BCUT2D eigenvalue weighted by Gasteiger charge is -2.24. The van der Waals surface area contributed by atoms with E-state index in [9.17, 15) is 18.0 Å². The summed E-state index contributed by atoms with van der Waals surface area (Å²) in [6.45, 7) is 7.56. The maximum atomic E-state index is 12.6. The lowest BCUT2D eigenvalue weighted by Crippen LogP contribution is -2.26. The fourth-order valence-corrected chi connectivity index (χ4v) is 4.40. The van der Waals surface area contributed by atoms with Crippen LogP contribution in [0.4, 0.5) is 24.7 Å². The van der Waals surface area contributed by atoms with Gasteiger partial charge < -0.3 is 15.1 Å². The first kappa shape index (κ1) is 21.9. The zero-order chi connectivity index (χ0) is 22.7. The molecule has 0 aliphatic heterocycles. The molecule has 0 bridgehead atoms. The number of nitrogens with one attached hydrogen (secondary N) is 2. The number of nitrogens with zero attached hydrogens (tertiary/aromatic N) is 3. The fourth-order valence-electron chi connectivity index (χ4n) is 4.40. The summed E-state index contributed by atoms with van der Waals surface area (Å²) in [7, 11) is 0. The second-order valence-electron chi connectivity index (χ2n) is 8.20. The number of alkyl halides is 3. The van der Waals surface area contributed by atoms with Crippen LogP contribution in [-0.2, 0) is 6.42 Å². The predicted molar refractivity (Wildman–Crippen MR) is 117 cm³/mol. The van der Waals surface area contributed by atoms with Crippen molar-refractivity contribution in [1.29, 1.82) is 0 Å². The Hall–Kier alpha value is -3.28. The van der Waals surface area contributed by atoms with E-state index in [-0.39, 0.29) is 24.1 Å². The summed E-state index contributed by atoms with van der Waals surface area (Å²) in [5.41, 5.74) is 1.80. The Kier molecular flexibility index (Phi) is 6.21. The van der Waals surface area contributed by atoms with Crippen molar-refractivity contribution in [2.75, 3.05) is 5.32 Å². The maximum absolute atomic E-state index is 12.6. The summed E-state index contributed by atoms with van der Waals surface area (Å²) in [5.74, 6) is 0.378. The van der Waals surface area contributed by atoms with Gasteiger partial charge in [-0.05, 0) is 49.4 Å². The molecule has 168 valence electrons. The molecular weight excluding hydrogens is 419 g/mol. The van der Waals surface area contributed by atoms with Gasteiger partial charge in [0.1, 0.15) is 11.4 Å².